The summed E-state index contributed by atoms with van der Waals surface area (Å²) in [5, 5.41) is 16.9. The van der Waals surface area contributed by atoms with E-state index < -0.39 is 4.92 Å². The zero-order valence-electron chi connectivity index (χ0n) is 10.5. The van der Waals surface area contributed by atoms with Crippen molar-refractivity contribution >= 4 is 33.1 Å². The van der Waals surface area contributed by atoms with Crippen molar-refractivity contribution in [3.63, 3.8) is 0 Å². The maximum atomic E-state index is 10.5. The number of nitro benzene ring substituents is 1. The number of aromatic nitrogens is 1. The number of halogens is 1. The molecule has 0 amide bonds. The monoisotopic (exact) mass is 336 g/mol. The van der Waals surface area contributed by atoms with Gasteiger partial charge in [0, 0.05) is 41.6 Å². The molecule has 0 fully saturated rings. The molecule has 0 aliphatic rings. The summed E-state index contributed by atoms with van der Waals surface area (Å²) in [7, 11) is 0. The van der Waals surface area contributed by atoms with Gasteiger partial charge in [0.25, 0.3) is 5.69 Å². The van der Waals surface area contributed by atoms with Crippen molar-refractivity contribution in [1.29, 1.82) is 0 Å². The third kappa shape index (κ3) is 4.20. The van der Waals surface area contributed by atoms with E-state index in [1.807, 2.05) is 12.1 Å². The van der Waals surface area contributed by atoms with Crippen LogP contribution >= 0.6 is 15.9 Å². The summed E-state index contributed by atoms with van der Waals surface area (Å²) in [4.78, 5) is 14.3. The molecule has 0 aliphatic carbocycles. The maximum absolute atomic E-state index is 10.5. The smallest absolute Gasteiger partial charge is 0.269 e. The molecule has 0 atom stereocenters. The topological polar surface area (TPSA) is 80.1 Å². The zero-order chi connectivity index (χ0) is 14.4. The normalized spacial score (nSPS) is 10.1. The highest BCUT2D eigenvalue weighted by molar-refractivity contribution is 9.10. The molecule has 2 rings (SSSR count). The second-order valence-electron chi connectivity index (χ2n) is 4.02. The van der Waals surface area contributed by atoms with Crippen LogP contribution in [0.25, 0.3) is 0 Å². The van der Waals surface area contributed by atoms with Gasteiger partial charge in [-0.05, 0) is 40.2 Å². The molecule has 0 unspecified atom stereocenters. The van der Waals surface area contributed by atoms with Crippen molar-refractivity contribution in [2.45, 2.75) is 0 Å². The van der Waals surface area contributed by atoms with Crippen LogP contribution < -0.4 is 10.6 Å². The number of rotatable bonds is 6. The fraction of sp³-hybridized carbons (Fsp3) is 0.154. The van der Waals surface area contributed by atoms with Gasteiger partial charge in [0.05, 0.1) is 4.92 Å². The molecule has 7 heteroatoms. The number of nitrogens with one attached hydrogen (secondary N) is 2. The van der Waals surface area contributed by atoms with Crippen LogP contribution in [-0.2, 0) is 0 Å². The minimum absolute atomic E-state index is 0.0905. The average molecular weight is 337 g/mol. The summed E-state index contributed by atoms with van der Waals surface area (Å²) < 4.78 is 0.937. The molecule has 20 heavy (non-hydrogen) atoms. The molecule has 104 valence electrons. The van der Waals surface area contributed by atoms with Gasteiger partial charge in [-0.3, -0.25) is 10.1 Å². The molecular formula is C13H13BrN4O2. The lowest BCUT2D eigenvalue weighted by molar-refractivity contribution is -0.384. The Morgan fingerprint density at radius 2 is 1.80 bits per heavy atom. The maximum Gasteiger partial charge on any atom is 0.269 e. The van der Waals surface area contributed by atoms with Crippen molar-refractivity contribution in [2.24, 2.45) is 0 Å². The highest BCUT2D eigenvalue weighted by Crippen LogP contribution is 2.15. The quantitative estimate of drug-likeness (QED) is 0.480. The van der Waals surface area contributed by atoms with E-state index >= 15 is 0 Å². The number of hydrogen-bond donors (Lipinski definition) is 2. The first-order valence-corrected chi connectivity index (χ1v) is 6.78. The molecule has 0 saturated heterocycles. The summed E-state index contributed by atoms with van der Waals surface area (Å²) in [5.74, 6) is 0.804. The zero-order valence-corrected chi connectivity index (χ0v) is 12.1. The number of anilines is 2. The van der Waals surface area contributed by atoms with Gasteiger partial charge in [0.2, 0.25) is 0 Å². The molecule has 2 N–H and O–H groups in total. The minimum Gasteiger partial charge on any atom is -0.383 e. The SMILES string of the molecule is O=[N+]([O-])c1ccc(NCCNc2ccc(Br)cn2)cc1. The lowest BCUT2D eigenvalue weighted by Gasteiger charge is -2.08. The molecule has 1 aromatic carbocycles. The van der Waals surface area contributed by atoms with Crippen LogP contribution in [0.4, 0.5) is 17.2 Å². The highest BCUT2D eigenvalue weighted by Gasteiger charge is 2.03. The summed E-state index contributed by atoms with van der Waals surface area (Å²) in [6.45, 7) is 1.39. The van der Waals surface area contributed by atoms with E-state index in [4.69, 9.17) is 0 Å². The standard InChI is InChI=1S/C13H13BrN4O2/c14-10-1-6-13(17-9-10)16-8-7-15-11-2-4-12(5-3-11)18(19)20/h1-6,9,15H,7-8H2,(H,16,17). The van der Waals surface area contributed by atoms with Crippen molar-refractivity contribution in [2.75, 3.05) is 23.7 Å². The highest BCUT2D eigenvalue weighted by atomic mass is 79.9. The second kappa shape index (κ2) is 6.85. The summed E-state index contributed by atoms with van der Waals surface area (Å²) in [6.07, 6.45) is 1.73. The number of nitrogens with zero attached hydrogens (tertiary/aromatic N) is 2. The molecular weight excluding hydrogens is 324 g/mol. The van der Waals surface area contributed by atoms with Gasteiger partial charge in [-0.15, -0.1) is 0 Å². The molecule has 0 aliphatic heterocycles. The van der Waals surface area contributed by atoms with Gasteiger partial charge >= 0.3 is 0 Å². The Hall–Kier alpha value is -2.15. The Morgan fingerprint density at radius 3 is 2.40 bits per heavy atom. The Kier molecular flexibility index (Phi) is 4.89. The molecule has 0 bridgehead atoms. The second-order valence-corrected chi connectivity index (χ2v) is 4.93. The van der Waals surface area contributed by atoms with Gasteiger partial charge in [-0.2, -0.15) is 0 Å². The lowest BCUT2D eigenvalue weighted by Crippen LogP contribution is -2.14. The first-order valence-electron chi connectivity index (χ1n) is 5.99. The first-order chi connectivity index (χ1) is 9.65. The Labute approximate surface area is 124 Å². The van der Waals surface area contributed by atoms with Crippen LogP contribution in [0.2, 0.25) is 0 Å². The lowest BCUT2D eigenvalue weighted by atomic mass is 10.3. The van der Waals surface area contributed by atoms with E-state index in [1.54, 1.807) is 18.3 Å². The fourth-order valence-electron chi connectivity index (χ4n) is 1.58. The third-order valence-corrected chi connectivity index (χ3v) is 3.03. The molecule has 6 nitrogen and oxygen atoms in total. The van der Waals surface area contributed by atoms with Crippen molar-refractivity contribution in [1.82, 2.24) is 4.98 Å². The molecule has 1 aromatic heterocycles. The molecule has 0 radical (unpaired) electrons. The predicted molar refractivity (Wildman–Crippen MR) is 82.0 cm³/mol. The van der Waals surface area contributed by atoms with Gasteiger partial charge < -0.3 is 10.6 Å². The number of nitro groups is 1. The van der Waals surface area contributed by atoms with Gasteiger partial charge in [0.1, 0.15) is 5.82 Å². The minimum atomic E-state index is -0.412. The Morgan fingerprint density at radius 1 is 1.10 bits per heavy atom. The summed E-state index contributed by atoms with van der Waals surface area (Å²) >= 11 is 3.32. The molecule has 2 aromatic rings. The van der Waals surface area contributed by atoms with Crippen LogP contribution in [0.5, 0.6) is 0 Å². The largest absolute Gasteiger partial charge is 0.383 e. The van der Waals surface area contributed by atoms with Crippen LogP contribution in [0, 0.1) is 10.1 Å². The van der Waals surface area contributed by atoms with E-state index in [0.717, 1.165) is 16.0 Å². The first kappa shape index (κ1) is 14.3. The van der Waals surface area contributed by atoms with E-state index in [1.165, 1.54) is 12.1 Å². The van der Waals surface area contributed by atoms with Crippen LogP contribution in [-0.4, -0.2) is 23.0 Å². The van der Waals surface area contributed by atoms with E-state index in [2.05, 4.69) is 31.5 Å². The number of non-ortho nitro benzene ring substituents is 1. The van der Waals surface area contributed by atoms with E-state index in [-0.39, 0.29) is 5.69 Å². The Balaban J connectivity index is 1.75. The van der Waals surface area contributed by atoms with Crippen LogP contribution in [0.3, 0.4) is 0 Å². The number of hydrogen-bond acceptors (Lipinski definition) is 5. The van der Waals surface area contributed by atoms with Crippen molar-refractivity contribution in [3.8, 4) is 0 Å². The molecule has 0 saturated carbocycles. The molecule has 1 heterocycles. The Bertz CT molecular complexity index is 572. The average Bonchev–Trinajstić information content (AvgIpc) is 2.46. The van der Waals surface area contributed by atoms with Crippen LogP contribution in [0.1, 0.15) is 0 Å². The van der Waals surface area contributed by atoms with E-state index in [9.17, 15) is 10.1 Å². The summed E-state index contributed by atoms with van der Waals surface area (Å²) in [5.41, 5.74) is 0.939. The number of benzene rings is 1. The summed E-state index contributed by atoms with van der Waals surface area (Å²) in [6, 6.07) is 10.1. The predicted octanol–water partition coefficient (Wildman–Crippen LogP) is 3.28. The van der Waals surface area contributed by atoms with Crippen LogP contribution in [0.15, 0.2) is 47.1 Å². The van der Waals surface area contributed by atoms with Gasteiger partial charge in [0.15, 0.2) is 0 Å². The molecule has 0 spiro atoms. The van der Waals surface area contributed by atoms with Crippen molar-refractivity contribution < 1.29 is 4.92 Å². The number of pyridine rings is 1. The fourth-order valence-corrected chi connectivity index (χ4v) is 1.81. The van der Waals surface area contributed by atoms with Gasteiger partial charge in [-0.1, -0.05) is 0 Å². The van der Waals surface area contributed by atoms with E-state index in [0.29, 0.717) is 13.1 Å². The third-order valence-electron chi connectivity index (χ3n) is 2.57. The van der Waals surface area contributed by atoms with Crippen molar-refractivity contribution in [3.05, 3.63) is 57.2 Å². The van der Waals surface area contributed by atoms with Gasteiger partial charge in [-0.25, -0.2) is 4.98 Å².